The van der Waals surface area contributed by atoms with Crippen molar-refractivity contribution in [2.24, 2.45) is 0 Å². The van der Waals surface area contributed by atoms with Gasteiger partial charge in [-0.15, -0.1) is 0 Å². The quantitative estimate of drug-likeness (QED) is 0.593. The van der Waals surface area contributed by atoms with E-state index in [0.717, 1.165) is 0 Å². The molecule has 0 aromatic carbocycles. The molecule has 0 spiro atoms. The van der Waals surface area contributed by atoms with E-state index in [4.69, 9.17) is 0 Å². The van der Waals surface area contributed by atoms with Crippen molar-refractivity contribution in [3.05, 3.63) is 0 Å². The van der Waals surface area contributed by atoms with Gasteiger partial charge >= 0.3 is 5.97 Å². The maximum atomic E-state index is 11.2. The van der Waals surface area contributed by atoms with E-state index in [-0.39, 0.29) is 0 Å². The molecule has 0 aliphatic rings. The van der Waals surface area contributed by atoms with Crippen molar-refractivity contribution in [2.75, 3.05) is 0 Å². The van der Waals surface area contributed by atoms with E-state index in [1.807, 2.05) is 39.3 Å². The number of hydrogen-bond donors (Lipinski definition) is 1. The van der Waals surface area contributed by atoms with Gasteiger partial charge in [0.15, 0.2) is 8.24 Å². The number of carboxylic acids is 1. The average Bonchev–Trinajstić information content (AvgIpc) is 1.93. The van der Waals surface area contributed by atoms with E-state index in [1.54, 1.807) is 4.57 Å². The number of carboxylic acid groups (broad SMARTS) is 1. The fourth-order valence-corrected chi connectivity index (χ4v) is 6.67. The maximum Gasteiger partial charge on any atom is 0.322 e. The first-order valence-corrected chi connectivity index (χ1v) is 12.0. The van der Waals surface area contributed by atoms with Gasteiger partial charge in [0.1, 0.15) is 5.67 Å². The van der Waals surface area contributed by atoms with Gasteiger partial charge in [-0.2, -0.15) is 0 Å². The van der Waals surface area contributed by atoms with Gasteiger partial charge in [-0.3, -0.25) is 9.59 Å². The Hall–Kier alpha value is -0.626. The zero-order valence-corrected chi connectivity index (χ0v) is 12.4. The van der Waals surface area contributed by atoms with Crippen LogP contribution in [0.4, 0.5) is 0 Å². The van der Waals surface area contributed by atoms with Crippen LogP contribution in [0.2, 0.25) is 39.3 Å². The summed E-state index contributed by atoms with van der Waals surface area (Å²) in [6.07, 6.45) is 0.712. The number of amides is 1. The van der Waals surface area contributed by atoms with Crippen LogP contribution in [0.5, 0.6) is 0 Å². The van der Waals surface area contributed by atoms with E-state index in [0.29, 0.717) is 6.41 Å². The van der Waals surface area contributed by atoms with E-state index in [9.17, 15) is 14.7 Å². The van der Waals surface area contributed by atoms with Crippen LogP contribution in [0, 0.1) is 0 Å². The Bertz CT molecular complexity index is 255. The van der Waals surface area contributed by atoms with Crippen LogP contribution in [0.25, 0.3) is 0 Å². The molecule has 1 amide bonds. The molecule has 15 heavy (non-hydrogen) atoms. The fraction of sp³-hybridized carbons (Fsp3) is 0.778. The summed E-state index contributed by atoms with van der Waals surface area (Å²) >= 11 is 0. The molecular weight excluding hydrogens is 226 g/mol. The highest BCUT2D eigenvalue weighted by molar-refractivity contribution is 6.84. The normalized spacial score (nSPS) is 14.5. The lowest BCUT2D eigenvalue weighted by molar-refractivity contribution is -0.141. The van der Waals surface area contributed by atoms with Crippen LogP contribution in [0.1, 0.15) is 0 Å². The van der Waals surface area contributed by atoms with Crippen molar-refractivity contribution in [1.29, 1.82) is 0 Å². The smallest absolute Gasteiger partial charge is 0.322 e. The Labute approximate surface area is 93.4 Å². The summed E-state index contributed by atoms with van der Waals surface area (Å²) < 4.78 is 1.56. The van der Waals surface area contributed by atoms with Crippen LogP contribution in [-0.2, 0) is 9.59 Å². The van der Waals surface area contributed by atoms with Crippen LogP contribution >= 0.6 is 0 Å². The van der Waals surface area contributed by atoms with Gasteiger partial charge in [-0.25, -0.2) is 0 Å². The summed E-state index contributed by atoms with van der Waals surface area (Å²) in [5.74, 6) is -0.872. The van der Waals surface area contributed by atoms with Gasteiger partial charge in [-0.05, 0) is 0 Å². The second-order valence-corrected chi connectivity index (χ2v) is 15.9. The standard InChI is InChI=1S/C9H21NO3Si2/c1-14(2,3)8(9(12)13)10(7-11)15(4,5)6/h7-8H,1-6H3,(H,12,13). The summed E-state index contributed by atoms with van der Waals surface area (Å²) in [6, 6.07) is 0. The van der Waals surface area contributed by atoms with Gasteiger partial charge in [0.2, 0.25) is 6.41 Å². The molecule has 0 bridgehead atoms. The van der Waals surface area contributed by atoms with Gasteiger partial charge in [0.25, 0.3) is 0 Å². The van der Waals surface area contributed by atoms with Crippen LogP contribution in [0.3, 0.4) is 0 Å². The second-order valence-electron chi connectivity index (χ2n) is 5.79. The predicted octanol–water partition coefficient (Wildman–Crippen LogP) is 1.61. The molecule has 0 aromatic rings. The highest BCUT2D eigenvalue weighted by Crippen LogP contribution is 2.20. The highest BCUT2D eigenvalue weighted by atomic mass is 28.3. The zero-order valence-electron chi connectivity index (χ0n) is 10.4. The topological polar surface area (TPSA) is 57.6 Å². The summed E-state index contributed by atoms with van der Waals surface area (Å²) in [7, 11) is -3.82. The molecule has 0 saturated carbocycles. The lowest BCUT2D eigenvalue weighted by Crippen LogP contribution is -2.63. The first kappa shape index (κ1) is 14.4. The molecule has 6 heteroatoms. The van der Waals surface area contributed by atoms with E-state index < -0.39 is 27.9 Å². The van der Waals surface area contributed by atoms with Gasteiger partial charge in [0, 0.05) is 0 Å². The Balaban J connectivity index is 5.24. The predicted molar refractivity (Wildman–Crippen MR) is 66.0 cm³/mol. The Morgan fingerprint density at radius 2 is 1.60 bits per heavy atom. The number of aliphatic carboxylic acids is 1. The number of carbonyl (C=O) groups excluding carboxylic acids is 1. The summed E-state index contributed by atoms with van der Waals surface area (Å²) in [5, 5.41) is 9.23. The molecule has 0 radical (unpaired) electrons. The fourth-order valence-electron chi connectivity index (χ4n) is 1.51. The van der Waals surface area contributed by atoms with Crippen LogP contribution in [-0.4, -0.2) is 44.0 Å². The lowest BCUT2D eigenvalue weighted by atomic mass is 10.6. The molecular formula is C9H21NO3Si2. The Morgan fingerprint density at radius 3 is 1.67 bits per heavy atom. The van der Waals surface area contributed by atoms with Crippen molar-refractivity contribution in [3.8, 4) is 0 Å². The summed E-state index contributed by atoms with van der Waals surface area (Å²) in [6.45, 7) is 11.9. The van der Waals surface area contributed by atoms with Crippen molar-refractivity contribution < 1.29 is 14.7 Å². The summed E-state index contributed by atoms with van der Waals surface area (Å²) in [5.41, 5.74) is -0.610. The molecule has 4 nitrogen and oxygen atoms in total. The van der Waals surface area contributed by atoms with E-state index >= 15 is 0 Å². The van der Waals surface area contributed by atoms with Crippen LogP contribution in [0.15, 0.2) is 0 Å². The Morgan fingerprint density at radius 1 is 1.20 bits per heavy atom. The van der Waals surface area contributed by atoms with Crippen molar-refractivity contribution in [2.45, 2.75) is 44.9 Å². The largest absolute Gasteiger partial charge is 0.480 e. The first-order valence-electron chi connectivity index (χ1n) is 4.98. The van der Waals surface area contributed by atoms with Crippen LogP contribution < -0.4 is 0 Å². The molecule has 0 rings (SSSR count). The first-order chi connectivity index (χ1) is 6.51. The minimum atomic E-state index is -1.91. The average molecular weight is 247 g/mol. The monoisotopic (exact) mass is 247 g/mol. The van der Waals surface area contributed by atoms with Gasteiger partial charge < -0.3 is 9.67 Å². The number of rotatable bonds is 5. The highest BCUT2D eigenvalue weighted by Gasteiger charge is 2.42. The number of hydrogen-bond acceptors (Lipinski definition) is 2. The molecule has 0 aromatic heterocycles. The van der Waals surface area contributed by atoms with Gasteiger partial charge in [0.05, 0.1) is 8.07 Å². The zero-order chi connectivity index (χ0) is 12.4. The molecule has 88 valence electrons. The third kappa shape index (κ3) is 3.79. The molecule has 1 N–H and O–H groups in total. The molecule has 0 heterocycles. The SMILES string of the molecule is C[Si](C)(C)C(C(=O)O)N(C=O)[Si](C)(C)C. The number of carbonyl (C=O) groups is 2. The minimum Gasteiger partial charge on any atom is -0.480 e. The van der Waals surface area contributed by atoms with E-state index in [1.165, 1.54) is 0 Å². The number of nitrogens with zero attached hydrogens (tertiary/aromatic N) is 1. The summed E-state index contributed by atoms with van der Waals surface area (Å²) in [4.78, 5) is 22.3. The molecule has 1 atom stereocenters. The van der Waals surface area contributed by atoms with Crippen molar-refractivity contribution in [3.63, 3.8) is 0 Å². The molecule has 0 fully saturated rings. The van der Waals surface area contributed by atoms with Crippen molar-refractivity contribution in [1.82, 2.24) is 4.57 Å². The van der Waals surface area contributed by atoms with Gasteiger partial charge in [-0.1, -0.05) is 39.3 Å². The van der Waals surface area contributed by atoms with Crippen molar-refractivity contribution >= 4 is 28.7 Å². The van der Waals surface area contributed by atoms with E-state index in [2.05, 4.69) is 0 Å². The third-order valence-corrected chi connectivity index (χ3v) is 6.56. The second kappa shape index (κ2) is 4.48. The molecule has 1 unspecified atom stereocenters. The Kier molecular flexibility index (Phi) is 4.30. The lowest BCUT2D eigenvalue weighted by Gasteiger charge is -2.41. The maximum absolute atomic E-state index is 11.2. The molecule has 0 saturated heterocycles. The third-order valence-electron chi connectivity index (χ3n) is 2.22. The molecule has 0 aliphatic heterocycles. The molecule has 0 aliphatic carbocycles. The minimum absolute atomic E-state index is 0.610.